The first-order chi connectivity index (χ1) is 24.7. The predicted molar refractivity (Wildman–Crippen MR) is 208 cm³/mol. The van der Waals surface area contributed by atoms with E-state index < -0.39 is 0 Å². The van der Waals surface area contributed by atoms with Crippen LogP contribution in [-0.2, 0) is 0 Å². The van der Waals surface area contributed by atoms with Gasteiger partial charge in [0.05, 0.1) is 1.37 Å². The summed E-state index contributed by atoms with van der Waals surface area (Å²) in [4.78, 5) is 0. The molecule has 1 heterocycles. The minimum absolute atomic E-state index is 0.534. The van der Waals surface area contributed by atoms with Gasteiger partial charge in [-0.15, -0.1) is 0 Å². The van der Waals surface area contributed by atoms with Gasteiger partial charge in [-0.1, -0.05) is 164 Å². The van der Waals surface area contributed by atoms with Crippen molar-refractivity contribution < 1.29 is 5.79 Å². The van der Waals surface area contributed by atoms with E-state index in [1.54, 1.807) is 0 Å². The van der Waals surface area contributed by atoms with E-state index in [-0.39, 0.29) is 0 Å². The highest BCUT2D eigenvalue weighted by Gasteiger charge is 2.22. The lowest BCUT2D eigenvalue weighted by Gasteiger charge is -2.19. The Hall–Kier alpha value is -6.44. The number of furan rings is 1. The molecule has 0 saturated heterocycles. The zero-order valence-electron chi connectivity index (χ0n) is 27.7. The molecule has 0 bridgehead atoms. The molecular formula is C48H30O. The summed E-state index contributed by atoms with van der Waals surface area (Å²) in [6.45, 7) is 0. The van der Waals surface area contributed by atoms with Gasteiger partial charge in [-0.25, -0.2) is 0 Å². The van der Waals surface area contributed by atoms with Crippen molar-refractivity contribution in [3.63, 3.8) is 0 Å². The fourth-order valence-corrected chi connectivity index (χ4v) is 7.75. The van der Waals surface area contributed by atoms with Gasteiger partial charge in [0.1, 0.15) is 11.2 Å². The quantitative estimate of drug-likeness (QED) is 0.178. The van der Waals surface area contributed by atoms with Crippen LogP contribution in [0.1, 0.15) is 1.37 Å². The Bertz CT molecular complexity index is 2860. The van der Waals surface area contributed by atoms with Crippen LogP contribution < -0.4 is 0 Å². The van der Waals surface area contributed by atoms with E-state index in [4.69, 9.17) is 5.79 Å². The van der Waals surface area contributed by atoms with E-state index in [1.807, 2.05) is 24.3 Å². The van der Waals surface area contributed by atoms with Crippen LogP contribution in [0.5, 0.6) is 0 Å². The Morgan fingerprint density at radius 3 is 1.69 bits per heavy atom. The third-order valence-corrected chi connectivity index (χ3v) is 10.0. The van der Waals surface area contributed by atoms with Gasteiger partial charge < -0.3 is 4.42 Å². The van der Waals surface area contributed by atoms with E-state index in [9.17, 15) is 0 Å². The van der Waals surface area contributed by atoms with E-state index in [1.165, 1.54) is 54.9 Å². The molecule has 0 aliphatic heterocycles. The fraction of sp³-hybridized carbons (Fsp3) is 0. The van der Waals surface area contributed by atoms with Crippen molar-refractivity contribution >= 4 is 54.3 Å². The molecule has 0 aliphatic rings. The number of rotatable bonds is 4. The summed E-state index contributed by atoms with van der Waals surface area (Å²) >= 11 is 0. The molecule has 10 aromatic rings. The maximum atomic E-state index is 7.97. The van der Waals surface area contributed by atoms with E-state index in [0.717, 1.165) is 43.8 Å². The molecule has 1 aromatic heterocycles. The van der Waals surface area contributed by atoms with Crippen LogP contribution in [0.3, 0.4) is 0 Å². The molecule has 10 rings (SSSR count). The molecule has 0 saturated carbocycles. The van der Waals surface area contributed by atoms with Crippen molar-refractivity contribution in [3.8, 4) is 44.5 Å². The molecule has 0 fully saturated rings. The first kappa shape index (κ1) is 26.6. The Labute approximate surface area is 285 Å². The van der Waals surface area contributed by atoms with Gasteiger partial charge in [0, 0.05) is 16.3 Å². The monoisotopic (exact) mass is 623 g/mol. The van der Waals surface area contributed by atoms with Crippen molar-refractivity contribution in [1.82, 2.24) is 0 Å². The Morgan fingerprint density at radius 1 is 0.367 bits per heavy atom. The molecule has 0 radical (unpaired) electrons. The highest BCUT2D eigenvalue weighted by molar-refractivity contribution is 6.26. The molecule has 0 aliphatic carbocycles. The largest absolute Gasteiger partial charge is 0.455 e. The maximum absolute atomic E-state index is 7.97. The average molecular weight is 624 g/mol. The van der Waals surface area contributed by atoms with Crippen LogP contribution in [0.15, 0.2) is 186 Å². The van der Waals surface area contributed by atoms with Crippen molar-refractivity contribution in [2.24, 2.45) is 0 Å². The van der Waals surface area contributed by atoms with Crippen LogP contribution in [0, 0.1) is 0 Å². The summed E-state index contributed by atoms with van der Waals surface area (Å²) in [7, 11) is 0. The van der Waals surface area contributed by atoms with E-state index in [2.05, 4.69) is 152 Å². The first-order valence-corrected chi connectivity index (χ1v) is 16.8. The van der Waals surface area contributed by atoms with Gasteiger partial charge in [0.15, 0.2) is 0 Å². The fourth-order valence-electron chi connectivity index (χ4n) is 7.75. The lowest BCUT2D eigenvalue weighted by molar-refractivity contribution is 0.670. The minimum atomic E-state index is 0.534. The molecule has 9 aromatic carbocycles. The van der Waals surface area contributed by atoms with Crippen molar-refractivity contribution in [2.75, 3.05) is 0 Å². The Balaban J connectivity index is 1.21. The lowest BCUT2D eigenvalue weighted by Crippen LogP contribution is -1.92. The molecule has 0 atom stereocenters. The number of para-hydroxylation sites is 1. The van der Waals surface area contributed by atoms with Crippen molar-refractivity contribution in [2.45, 2.75) is 0 Å². The molecule has 1 heteroatoms. The first-order valence-electron chi connectivity index (χ1n) is 17.3. The van der Waals surface area contributed by atoms with Gasteiger partial charge in [-0.3, -0.25) is 0 Å². The zero-order chi connectivity index (χ0) is 33.2. The number of hydrogen-bond donors (Lipinski definition) is 0. The number of hydrogen-bond acceptors (Lipinski definition) is 1. The van der Waals surface area contributed by atoms with Crippen LogP contribution in [-0.4, -0.2) is 0 Å². The second-order valence-electron chi connectivity index (χ2n) is 12.7. The normalized spacial score (nSPS) is 12.0. The number of benzene rings is 9. The van der Waals surface area contributed by atoms with Gasteiger partial charge in [-0.05, 0) is 89.5 Å². The minimum Gasteiger partial charge on any atom is -0.455 e. The summed E-state index contributed by atoms with van der Waals surface area (Å²) in [6.07, 6.45) is 0. The molecule has 0 spiro atoms. The summed E-state index contributed by atoms with van der Waals surface area (Å²) in [6, 6.07) is 62.9. The number of fused-ring (bicyclic) bond motifs is 6. The van der Waals surface area contributed by atoms with Crippen LogP contribution in [0.2, 0.25) is 0 Å². The summed E-state index contributed by atoms with van der Waals surface area (Å²) in [5.74, 6) is 0. The Kier molecular flexibility index (Phi) is 6.02. The summed E-state index contributed by atoms with van der Waals surface area (Å²) in [5.41, 5.74) is 11.2. The van der Waals surface area contributed by atoms with Crippen molar-refractivity contribution in [3.05, 3.63) is 182 Å². The second-order valence-corrected chi connectivity index (χ2v) is 12.7. The standard InChI is InChI=1S/C48H30O/c1-2-13-33(14-3-1)37-28-29-43(47-42-20-10-11-21-44(42)49-48(37)47)46-40-18-8-6-16-38(40)45(39-17-7-9-19-41(39)46)34-25-22-32(23-26-34)36-27-24-31-12-4-5-15-35(31)30-36/h1-30H/i4D. The zero-order valence-corrected chi connectivity index (χ0v) is 26.7. The molecular weight excluding hydrogens is 593 g/mol. The molecule has 0 amide bonds. The third-order valence-electron chi connectivity index (χ3n) is 10.0. The highest BCUT2D eigenvalue weighted by Crippen LogP contribution is 2.48. The SMILES string of the molecule is [2H]c1ccc2cc(-c3ccc(-c4c5ccccc5c(-c5ccc(-c6ccccc6)c6oc7ccccc7c56)c5ccccc45)cc3)ccc2c1. The van der Waals surface area contributed by atoms with Crippen LogP contribution in [0.25, 0.3) is 98.8 Å². The van der Waals surface area contributed by atoms with E-state index in [0.29, 0.717) is 6.04 Å². The Morgan fingerprint density at radius 2 is 0.959 bits per heavy atom. The highest BCUT2D eigenvalue weighted by atomic mass is 16.3. The average Bonchev–Trinajstić information content (AvgIpc) is 3.57. The lowest BCUT2D eigenvalue weighted by atomic mass is 9.84. The molecule has 49 heavy (non-hydrogen) atoms. The van der Waals surface area contributed by atoms with Crippen LogP contribution in [0.4, 0.5) is 0 Å². The molecule has 1 nitrogen and oxygen atoms in total. The van der Waals surface area contributed by atoms with Gasteiger partial charge in [0.25, 0.3) is 0 Å². The summed E-state index contributed by atoms with van der Waals surface area (Å²) < 4.78 is 14.7. The van der Waals surface area contributed by atoms with Crippen LogP contribution >= 0.6 is 0 Å². The van der Waals surface area contributed by atoms with E-state index >= 15 is 0 Å². The topological polar surface area (TPSA) is 13.1 Å². The van der Waals surface area contributed by atoms with Gasteiger partial charge >= 0.3 is 0 Å². The molecule has 0 unspecified atom stereocenters. The molecule has 0 N–H and O–H groups in total. The van der Waals surface area contributed by atoms with Gasteiger partial charge in [0.2, 0.25) is 0 Å². The molecule has 228 valence electrons. The van der Waals surface area contributed by atoms with Gasteiger partial charge in [-0.2, -0.15) is 0 Å². The predicted octanol–water partition coefficient (Wildman–Crippen LogP) is 13.7. The maximum Gasteiger partial charge on any atom is 0.143 e. The third kappa shape index (κ3) is 4.40. The smallest absolute Gasteiger partial charge is 0.143 e. The summed E-state index contributed by atoms with van der Waals surface area (Å²) in [5, 5.41) is 9.37. The van der Waals surface area contributed by atoms with Crippen molar-refractivity contribution in [1.29, 1.82) is 0 Å². The second kappa shape index (κ2) is 11.1.